The molecule has 3 nitrogen and oxygen atoms in total. The summed E-state index contributed by atoms with van der Waals surface area (Å²) in [6.07, 6.45) is 7.70. The van der Waals surface area contributed by atoms with Gasteiger partial charge in [0.15, 0.2) is 11.6 Å². The van der Waals surface area contributed by atoms with Crippen LogP contribution >= 0.6 is 0 Å². The number of fused-ring (bicyclic) bond motifs is 1. The first-order valence-electron chi connectivity index (χ1n) is 9.29. The van der Waals surface area contributed by atoms with Gasteiger partial charge in [-0.15, -0.1) is 0 Å². The van der Waals surface area contributed by atoms with Crippen molar-refractivity contribution in [3.63, 3.8) is 0 Å². The third-order valence-electron chi connectivity index (χ3n) is 5.49. The van der Waals surface area contributed by atoms with Crippen LogP contribution in [0.15, 0.2) is 12.1 Å². The quantitative estimate of drug-likeness (QED) is 0.718. The Hall–Kier alpha value is -1.58. The van der Waals surface area contributed by atoms with E-state index in [0.717, 1.165) is 24.3 Å². The van der Waals surface area contributed by atoms with Gasteiger partial charge >= 0.3 is 5.97 Å². The average Bonchev–Trinajstić information content (AvgIpc) is 2.58. The van der Waals surface area contributed by atoms with Gasteiger partial charge in [-0.2, -0.15) is 0 Å². The standard InChI is InChI=1S/C20H27FO3/c1-3-5-13-6-8-14(9-7-13)17-12-15-10-11-16(23-4-2)19(21)18(15)20(22)24-17/h10-11,13-14,17H,3-9,12H2,1-2H3/t13-,14-,17?. The molecule has 1 aromatic carbocycles. The lowest BCUT2D eigenvalue weighted by atomic mass is 9.76. The van der Waals surface area contributed by atoms with Crippen LogP contribution in [0.1, 0.15) is 68.3 Å². The normalized spacial score (nSPS) is 26.6. The molecule has 0 N–H and O–H groups in total. The Morgan fingerprint density at radius 1 is 1.21 bits per heavy atom. The van der Waals surface area contributed by atoms with Gasteiger partial charge in [-0.3, -0.25) is 0 Å². The number of ether oxygens (including phenoxy) is 2. The summed E-state index contributed by atoms with van der Waals surface area (Å²) < 4.78 is 25.3. The summed E-state index contributed by atoms with van der Waals surface area (Å²) in [6, 6.07) is 3.45. The van der Waals surface area contributed by atoms with Crippen LogP contribution in [0, 0.1) is 17.7 Å². The number of carbonyl (C=O) groups excluding carboxylic acids is 1. The second-order valence-corrected chi connectivity index (χ2v) is 7.06. The molecule has 1 aliphatic carbocycles. The molecule has 132 valence electrons. The maximum atomic E-state index is 14.5. The smallest absolute Gasteiger partial charge is 0.341 e. The van der Waals surface area contributed by atoms with Gasteiger partial charge in [0.1, 0.15) is 11.7 Å². The highest BCUT2D eigenvalue weighted by molar-refractivity contribution is 5.93. The van der Waals surface area contributed by atoms with Gasteiger partial charge in [-0.05, 0) is 43.2 Å². The summed E-state index contributed by atoms with van der Waals surface area (Å²) in [5.74, 6) is 0.251. The van der Waals surface area contributed by atoms with Crippen molar-refractivity contribution in [3.05, 3.63) is 29.1 Å². The minimum atomic E-state index is -0.579. The zero-order valence-electron chi connectivity index (χ0n) is 14.6. The monoisotopic (exact) mass is 334 g/mol. The Bertz CT molecular complexity index is 591. The molecule has 0 radical (unpaired) electrons. The van der Waals surface area contributed by atoms with Gasteiger partial charge < -0.3 is 9.47 Å². The molecule has 3 rings (SSSR count). The first-order valence-corrected chi connectivity index (χ1v) is 9.29. The lowest BCUT2D eigenvalue weighted by Crippen LogP contribution is -2.36. The number of carbonyl (C=O) groups is 1. The molecule has 1 atom stereocenters. The summed E-state index contributed by atoms with van der Waals surface area (Å²) >= 11 is 0. The molecule has 1 fully saturated rings. The van der Waals surface area contributed by atoms with Crippen molar-refractivity contribution >= 4 is 5.97 Å². The van der Waals surface area contributed by atoms with Gasteiger partial charge in [0, 0.05) is 6.42 Å². The van der Waals surface area contributed by atoms with Gasteiger partial charge in [-0.25, -0.2) is 9.18 Å². The van der Waals surface area contributed by atoms with E-state index in [0.29, 0.717) is 18.9 Å². The van der Waals surface area contributed by atoms with Crippen molar-refractivity contribution < 1.29 is 18.7 Å². The molecule has 1 heterocycles. The Morgan fingerprint density at radius 3 is 2.62 bits per heavy atom. The highest BCUT2D eigenvalue weighted by Crippen LogP contribution is 2.38. The number of cyclic esters (lactones) is 1. The molecule has 0 saturated heterocycles. The topological polar surface area (TPSA) is 35.5 Å². The summed E-state index contributed by atoms with van der Waals surface area (Å²) in [7, 11) is 0. The first kappa shape index (κ1) is 17.2. The van der Waals surface area contributed by atoms with E-state index >= 15 is 0 Å². The van der Waals surface area contributed by atoms with E-state index in [-0.39, 0.29) is 17.4 Å². The van der Waals surface area contributed by atoms with Crippen molar-refractivity contribution in [3.8, 4) is 5.75 Å². The van der Waals surface area contributed by atoms with Crippen LogP contribution in [0.25, 0.3) is 0 Å². The predicted molar refractivity (Wildman–Crippen MR) is 90.8 cm³/mol. The van der Waals surface area contributed by atoms with E-state index in [1.165, 1.54) is 25.7 Å². The Labute approximate surface area is 143 Å². The van der Waals surface area contributed by atoms with Crippen LogP contribution in [0.5, 0.6) is 5.75 Å². The highest BCUT2D eigenvalue weighted by atomic mass is 19.1. The number of hydrogen-bond acceptors (Lipinski definition) is 3. The number of hydrogen-bond donors (Lipinski definition) is 0. The fraction of sp³-hybridized carbons (Fsp3) is 0.650. The second-order valence-electron chi connectivity index (χ2n) is 7.06. The molecule has 0 bridgehead atoms. The Morgan fingerprint density at radius 2 is 1.96 bits per heavy atom. The van der Waals surface area contributed by atoms with Gasteiger partial charge in [0.2, 0.25) is 0 Å². The minimum Gasteiger partial charge on any atom is -0.491 e. The number of esters is 1. The molecule has 0 aromatic heterocycles. The maximum Gasteiger partial charge on any atom is 0.341 e. The fourth-order valence-corrected chi connectivity index (χ4v) is 4.23. The number of benzene rings is 1. The zero-order chi connectivity index (χ0) is 17.1. The zero-order valence-corrected chi connectivity index (χ0v) is 14.6. The van der Waals surface area contributed by atoms with Gasteiger partial charge in [0.25, 0.3) is 0 Å². The Kier molecular flexibility index (Phi) is 5.42. The third kappa shape index (κ3) is 3.42. The van der Waals surface area contributed by atoms with E-state index in [1.54, 1.807) is 13.0 Å². The van der Waals surface area contributed by atoms with E-state index in [4.69, 9.17) is 9.47 Å². The summed E-state index contributed by atoms with van der Waals surface area (Å²) in [4.78, 5) is 12.4. The maximum absolute atomic E-state index is 14.5. The van der Waals surface area contributed by atoms with Crippen molar-refractivity contribution in [1.29, 1.82) is 0 Å². The molecule has 4 heteroatoms. The number of halogens is 1. The lowest BCUT2D eigenvalue weighted by molar-refractivity contribution is -0.00101. The predicted octanol–water partition coefficient (Wildman–Crippen LogP) is 4.91. The largest absolute Gasteiger partial charge is 0.491 e. The summed E-state index contributed by atoms with van der Waals surface area (Å²) in [6.45, 7) is 4.40. The number of rotatable bonds is 5. The van der Waals surface area contributed by atoms with Gasteiger partial charge in [0.05, 0.1) is 6.61 Å². The van der Waals surface area contributed by atoms with E-state index in [2.05, 4.69) is 6.92 Å². The average molecular weight is 334 g/mol. The molecule has 1 aromatic rings. The van der Waals surface area contributed by atoms with E-state index < -0.39 is 11.8 Å². The molecular formula is C20H27FO3. The molecular weight excluding hydrogens is 307 g/mol. The van der Waals surface area contributed by atoms with Crippen LogP contribution in [0.2, 0.25) is 0 Å². The summed E-state index contributed by atoms with van der Waals surface area (Å²) in [5, 5.41) is 0. The molecule has 1 aliphatic heterocycles. The molecule has 1 unspecified atom stereocenters. The summed E-state index contributed by atoms with van der Waals surface area (Å²) in [5.41, 5.74) is 0.824. The molecule has 0 spiro atoms. The third-order valence-corrected chi connectivity index (χ3v) is 5.49. The fourth-order valence-electron chi connectivity index (χ4n) is 4.23. The van der Waals surface area contributed by atoms with Crippen LogP contribution in [-0.4, -0.2) is 18.7 Å². The SMILES string of the molecule is CCC[C@H]1CC[C@H](C2Cc3ccc(OCC)c(F)c3C(=O)O2)CC1. The highest BCUT2D eigenvalue weighted by Gasteiger charge is 2.36. The molecule has 24 heavy (non-hydrogen) atoms. The van der Waals surface area contributed by atoms with Crippen molar-refractivity contribution in [2.24, 2.45) is 11.8 Å². The van der Waals surface area contributed by atoms with Crippen LogP contribution in [0.3, 0.4) is 0 Å². The first-order chi connectivity index (χ1) is 11.6. The lowest BCUT2D eigenvalue weighted by Gasteiger charge is -2.36. The van der Waals surface area contributed by atoms with Crippen LogP contribution < -0.4 is 4.74 Å². The second kappa shape index (κ2) is 7.54. The minimum absolute atomic E-state index is 0.0665. The van der Waals surface area contributed by atoms with Crippen LogP contribution in [-0.2, 0) is 11.2 Å². The van der Waals surface area contributed by atoms with Gasteiger partial charge in [-0.1, -0.05) is 38.7 Å². The van der Waals surface area contributed by atoms with Crippen LogP contribution in [0.4, 0.5) is 4.39 Å². The Balaban J connectivity index is 1.71. The van der Waals surface area contributed by atoms with Crippen molar-refractivity contribution in [1.82, 2.24) is 0 Å². The van der Waals surface area contributed by atoms with E-state index in [1.807, 2.05) is 6.07 Å². The molecule has 1 saturated carbocycles. The molecule has 0 amide bonds. The molecule has 2 aliphatic rings. The van der Waals surface area contributed by atoms with Crippen molar-refractivity contribution in [2.45, 2.75) is 64.9 Å². The van der Waals surface area contributed by atoms with E-state index in [9.17, 15) is 9.18 Å². The van der Waals surface area contributed by atoms with Crippen molar-refractivity contribution in [2.75, 3.05) is 6.61 Å².